The van der Waals surface area contributed by atoms with Gasteiger partial charge in [-0.1, -0.05) is 25.1 Å². The number of amides is 1. The van der Waals surface area contributed by atoms with Crippen LogP contribution >= 0.6 is 0 Å². The molecular formula is C23H25FN4O2. The number of amidine groups is 1. The number of carbonyl (C=O) groups is 1. The summed E-state index contributed by atoms with van der Waals surface area (Å²) in [6.07, 6.45) is 0.971. The van der Waals surface area contributed by atoms with Crippen LogP contribution in [0, 0.1) is 11.7 Å². The zero-order chi connectivity index (χ0) is 20.8. The van der Waals surface area contributed by atoms with Gasteiger partial charge in [0.05, 0.1) is 5.69 Å². The van der Waals surface area contributed by atoms with Crippen molar-refractivity contribution in [3.8, 4) is 16.9 Å². The number of anilines is 1. The van der Waals surface area contributed by atoms with Gasteiger partial charge in [-0.2, -0.15) is 5.10 Å². The normalized spacial score (nSPS) is 25.6. The average molecular weight is 408 g/mol. The number of rotatable bonds is 2. The van der Waals surface area contributed by atoms with Crippen molar-refractivity contribution in [3.05, 3.63) is 47.8 Å². The third-order valence-corrected chi connectivity index (χ3v) is 6.44. The van der Waals surface area contributed by atoms with E-state index in [2.05, 4.69) is 28.8 Å². The van der Waals surface area contributed by atoms with Crippen LogP contribution in [0.3, 0.4) is 0 Å². The van der Waals surface area contributed by atoms with E-state index in [0.717, 1.165) is 36.3 Å². The van der Waals surface area contributed by atoms with Gasteiger partial charge in [-0.15, -0.1) is 0 Å². The molecule has 1 saturated heterocycles. The first-order chi connectivity index (χ1) is 14.5. The van der Waals surface area contributed by atoms with Gasteiger partial charge in [0.15, 0.2) is 5.84 Å². The summed E-state index contributed by atoms with van der Waals surface area (Å²) in [5, 5.41) is 7.63. The Morgan fingerprint density at radius 1 is 1.20 bits per heavy atom. The lowest BCUT2D eigenvalue weighted by Gasteiger charge is -2.39. The van der Waals surface area contributed by atoms with Gasteiger partial charge in [0.2, 0.25) is 0 Å². The predicted octanol–water partition coefficient (Wildman–Crippen LogP) is 3.24. The third kappa shape index (κ3) is 3.04. The van der Waals surface area contributed by atoms with Gasteiger partial charge >= 0.3 is 0 Å². The van der Waals surface area contributed by atoms with Crippen LogP contribution in [-0.2, 0) is 4.79 Å². The highest BCUT2D eigenvalue weighted by Crippen LogP contribution is 2.45. The summed E-state index contributed by atoms with van der Waals surface area (Å²) in [6, 6.07) is 10.5. The van der Waals surface area contributed by atoms with Crippen molar-refractivity contribution >= 4 is 17.4 Å². The molecule has 156 valence electrons. The van der Waals surface area contributed by atoms with E-state index >= 15 is 0 Å². The summed E-state index contributed by atoms with van der Waals surface area (Å²) >= 11 is 0. The molecule has 1 amide bonds. The summed E-state index contributed by atoms with van der Waals surface area (Å²) in [5.41, 5.74) is 5.92. The molecule has 0 aliphatic carbocycles. The van der Waals surface area contributed by atoms with Crippen LogP contribution in [0.25, 0.3) is 11.1 Å². The number of hydrogen-bond donors (Lipinski definition) is 2. The van der Waals surface area contributed by atoms with Crippen LogP contribution in [0.1, 0.15) is 31.7 Å². The second-order valence-electron chi connectivity index (χ2n) is 8.30. The van der Waals surface area contributed by atoms with Crippen LogP contribution < -0.4 is 20.4 Å². The number of fused-ring (bicyclic) bond motifs is 3. The second kappa shape index (κ2) is 7.40. The van der Waals surface area contributed by atoms with Gasteiger partial charge in [0.25, 0.3) is 5.91 Å². The van der Waals surface area contributed by atoms with E-state index < -0.39 is 6.04 Å². The van der Waals surface area contributed by atoms with Crippen LogP contribution in [-0.4, -0.2) is 37.5 Å². The average Bonchev–Trinajstić information content (AvgIpc) is 2.76. The summed E-state index contributed by atoms with van der Waals surface area (Å²) in [7, 11) is 0. The Labute approximate surface area is 175 Å². The fourth-order valence-electron chi connectivity index (χ4n) is 4.78. The molecule has 2 aromatic rings. The summed E-state index contributed by atoms with van der Waals surface area (Å²) in [4.78, 5) is 14.2. The number of nitrogens with one attached hydrogen (secondary N) is 2. The Bertz CT molecular complexity index is 1040. The highest BCUT2D eigenvalue weighted by molar-refractivity contribution is 6.09. The van der Waals surface area contributed by atoms with E-state index in [0.29, 0.717) is 23.1 Å². The number of benzene rings is 2. The molecule has 0 saturated carbocycles. The van der Waals surface area contributed by atoms with E-state index in [1.807, 2.05) is 30.0 Å². The minimum Gasteiger partial charge on any atom is -0.483 e. The monoisotopic (exact) mass is 408 g/mol. The number of carbonyl (C=O) groups excluding carboxylic acids is 1. The fraction of sp³-hybridized carbons (Fsp3) is 0.391. The van der Waals surface area contributed by atoms with E-state index in [4.69, 9.17) is 4.74 Å². The maximum Gasteiger partial charge on any atom is 0.262 e. The highest BCUT2D eigenvalue weighted by Gasteiger charge is 2.37. The second-order valence-corrected chi connectivity index (χ2v) is 8.30. The maximum absolute atomic E-state index is 14.8. The molecule has 2 N–H and O–H groups in total. The SMILES string of the molecule is C[C@@H]1C(=O)NN=C2COc3cc(-c4ccccc4F)c([C@@H]4CCNC[C@@H]4C)cc3N21. The summed E-state index contributed by atoms with van der Waals surface area (Å²) in [5.74, 6) is 1.62. The van der Waals surface area contributed by atoms with E-state index in [1.54, 1.807) is 6.07 Å². The number of piperidine rings is 1. The van der Waals surface area contributed by atoms with Crippen LogP contribution in [0.2, 0.25) is 0 Å². The van der Waals surface area contributed by atoms with Crippen LogP contribution in [0.5, 0.6) is 5.75 Å². The van der Waals surface area contributed by atoms with Gasteiger partial charge in [0, 0.05) is 5.56 Å². The maximum atomic E-state index is 14.8. The Kier molecular flexibility index (Phi) is 4.70. The fourth-order valence-corrected chi connectivity index (χ4v) is 4.78. The summed E-state index contributed by atoms with van der Waals surface area (Å²) < 4.78 is 20.8. The van der Waals surface area contributed by atoms with Crippen molar-refractivity contribution in [2.45, 2.75) is 32.2 Å². The Morgan fingerprint density at radius 3 is 2.83 bits per heavy atom. The molecule has 0 aromatic heterocycles. The molecule has 3 aliphatic heterocycles. The molecule has 3 atom stereocenters. The topological polar surface area (TPSA) is 66.0 Å². The number of halogens is 1. The molecule has 3 heterocycles. The van der Waals surface area contributed by atoms with Crippen molar-refractivity contribution in [2.24, 2.45) is 11.0 Å². The first kappa shape index (κ1) is 19.1. The van der Waals surface area contributed by atoms with Crippen molar-refractivity contribution < 1.29 is 13.9 Å². The first-order valence-corrected chi connectivity index (χ1v) is 10.5. The molecule has 1 fully saturated rings. The van der Waals surface area contributed by atoms with Gasteiger partial charge < -0.3 is 15.0 Å². The Balaban J connectivity index is 1.71. The molecule has 5 rings (SSSR count). The van der Waals surface area contributed by atoms with Crippen molar-refractivity contribution in [1.82, 2.24) is 10.7 Å². The standard InChI is InChI=1S/C23H25FN4O2/c1-13-11-25-8-7-15(13)17-9-20-21(10-18(17)16-5-3-4-6-19(16)24)30-12-22-26-27-23(29)14(2)28(20)22/h3-6,9-10,13-15,25H,7-8,11-12H2,1-2H3,(H,27,29)/t13-,14+,15+/m0/s1. The van der Waals surface area contributed by atoms with Gasteiger partial charge in [0.1, 0.15) is 24.2 Å². The molecule has 6 nitrogen and oxygen atoms in total. The lowest BCUT2D eigenvalue weighted by molar-refractivity contribution is -0.122. The number of hydrogen-bond acceptors (Lipinski definition) is 5. The molecule has 0 radical (unpaired) electrons. The highest BCUT2D eigenvalue weighted by atomic mass is 19.1. The molecule has 3 aliphatic rings. The van der Waals surface area contributed by atoms with Crippen molar-refractivity contribution in [1.29, 1.82) is 0 Å². The Morgan fingerprint density at radius 2 is 2.03 bits per heavy atom. The number of nitrogens with zero attached hydrogens (tertiary/aromatic N) is 2. The molecular weight excluding hydrogens is 383 g/mol. The predicted molar refractivity (Wildman–Crippen MR) is 114 cm³/mol. The lowest BCUT2D eigenvalue weighted by atomic mass is 9.78. The minimum atomic E-state index is -0.391. The van der Waals surface area contributed by atoms with Crippen LogP contribution in [0.4, 0.5) is 10.1 Å². The van der Waals surface area contributed by atoms with Gasteiger partial charge in [-0.3, -0.25) is 4.79 Å². The zero-order valence-electron chi connectivity index (χ0n) is 17.1. The zero-order valence-corrected chi connectivity index (χ0v) is 17.1. The molecule has 0 bridgehead atoms. The van der Waals surface area contributed by atoms with Crippen molar-refractivity contribution in [3.63, 3.8) is 0 Å². The largest absolute Gasteiger partial charge is 0.483 e. The van der Waals surface area contributed by atoms with Gasteiger partial charge in [-0.05, 0) is 67.6 Å². The van der Waals surface area contributed by atoms with E-state index in [9.17, 15) is 9.18 Å². The molecule has 0 unspecified atom stereocenters. The lowest BCUT2D eigenvalue weighted by Crippen LogP contribution is -2.55. The Hall–Kier alpha value is -2.93. The number of ether oxygens (including phenoxy) is 1. The third-order valence-electron chi connectivity index (χ3n) is 6.44. The first-order valence-electron chi connectivity index (χ1n) is 10.5. The van der Waals surface area contributed by atoms with E-state index in [1.165, 1.54) is 6.07 Å². The molecule has 7 heteroatoms. The van der Waals surface area contributed by atoms with Crippen LogP contribution in [0.15, 0.2) is 41.5 Å². The number of hydrazone groups is 1. The quantitative estimate of drug-likeness (QED) is 0.801. The van der Waals surface area contributed by atoms with Gasteiger partial charge in [-0.25, -0.2) is 9.82 Å². The smallest absolute Gasteiger partial charge is 0.262 e. The summed E-state index contributed by atoms with van der Waals surface area (Å²) in [6.45, 7) is 6.19. The van der Waals surface area contributed by atoms with Crippen molar-refractivity contribution in [2.75, 3.05) is 24.6 Å². The molecule has 2 aromatic carbocycles. The molecule has 0 spiro atoms. The minimum absolute atomic E-state index is 0.151. The van der Waals surface area contributed by atoms with E-state index in [-0.39, 0.29) is 24.2 Å². The molecule has 30 heavy (non-hydrogen) atoms.